The Labute approximate surface area is 132 Å². The van der Waals surface area contributed by atoms with E-state index in [1.54, 1.807) is 6.07 Å². The van der Waals surface area contributed by atoms with Crippen LogP contribution in [0.4, 0.5) is 0 Å². The Hall–Kier alpha value is -2.08. The van der Waals surface area contributed by atoms with Gasteiger partial charge in [-0.25, -0.2) is 0 Å². The predicted molar refractivity (Wildman–Crippen MR) is 84.5 cm³/mol. The number of carbonyl (C=O) groups excluding carboxylic acids is 2. The summed E-state index contributed by atoms with van der Waals surface area (Å²) >= 11 is 1.38. The number of nitrogens with two attached hydrogens (primary N) is 1. The van der Waals surface area contributed by atoms with Crippen molar-refractivity contribution in [3.8, 4) is 10.6 Å². The fourth-order valence-corrected chi connectivity index (χ4v) is 3.74. The molecule has 0 bridgehead atoms. The largest absolute Gasteiger partial charge is 0.461 e. The summed E-state index contributed by atoms with van der Waals surface area (Å²) < 4.78 is 5.56. The molecule has 0 aliphatic heterocycles. The number of primary amides is 1. The average Bonchev–Trinajstić information content (AvgIpc) is 3.16. The van der Waals surface area contributed by atoms with Crippen LogP contribution < -0.4 is 11.1 Å². The lowest BCUT2D eigenvalue weighted by Gasteiger charge is -2.17. The Morgan fingerprint density at radius 1 is 1.27 bits per heavy atom. The molecule has 22 heavy (non-hydrogen) atoms. The van der Waals surface area contributed by atoms with Gasteiger partial charge in [-0.15, -0.1) is 11.3 Å². The predicted octanol–water partition coefficient (Wildman–Crippen LogP) is 2.70. The van der Waals surface area contributed by atoms with Crippen LogP contribution in [-0.4, -0.2) is 17.9 Å². The minimum absolute atomic E-state index is 0.151. The van der Waals surface area contributed by atoms with Crippen LogP contribution in [0, 0.1) is 12.8 Å². The lowest BCUT2D eigenvalue weighted by Crippen LogP contribution is -2.42. The second-order valence-electron chi connectivity index (χ2n) is 5.59. The van der Waals surface area contributed by atoms with Gasteiger partial charge in [0.15, 0.2) is 0 Å². The molecule has 0 aromatic carbocycles. The van der Waals surface area contributed by atoms with Crippen molar-refractivity contribution in [2.45, 2.75) is 32.2 Å². The smallest absolute Gasteiger partial charge is 0.261 e. The van der Waals surface area contributed by atoms with E-state index < -0.39 is 0 Å². The highest BCUT2D eigenvalue weighted by molar-refractivity contribution is 7.17. The maximum atomic E-state index is 12.3. The molecular formula is C16H18N2O3S. The van der Waals surface area contributed by atoms with Gasteiger partial charge in [-0.1, -0.05) is 6.42 Å². The molecule has 6 heteroatoms. The highest BCUT2D eigenvalue weighted by Gasteiger charge is 2.32. The van der Waals surface area contributed by atoms with Crippen LogP contribution in [0.3, 0.4) is 0 Å². The highest BCUT2D eigenvalue weighted by atomic mass is 32.1. The maximum absolute atomic E-state index is 12.3. The fraction of sp³-hybridized carbons (Fsp3) is 0.375. The molecular weight excluding hydrogens is 300 g/mol. The number of carbonyl (C=O) groups is 2. The Kier molecular flexibility index (Phi) is 4.02. The van der Waals surface area contributed by atoms with Gasteiger partial charge in [0.25, 0.3) is 5.91 Å². The molecule has 116 valence electrons. The van der Waals surface area contributed by atoms with Crippen molar-refractivity contribution < 1.29 is 14.0 Å². The standard InChI is InChI=1S/C16H18N2O3S/c1-9-5-6-12(21-9)13-7-8-14(22-13)16(20)18-11-4-2-3-10(11)15(17)19/h5-8,10-11H,2-4H2,1H3,(H2,17,19)(H,18,20)/t10-,11-/m0/s1. The Balaban J connectivity index is 1.71. The van der Waals surface area contributed by atoms with Crippen LogP contribution in [0.2, 0.25) is 0 Å². The lowest BCUT2D eigenvalue weighted by molar-refractivity contribution is -0.122. The van der Waals surface area contributed by atoms with Gasteiger partial charge in [0.1, 0.15) is 11.5 Å². The zero-order chi connectivity index (χ0) is 15.7. The number of amides is 2. The Bertz CT molecular complexity index is 704. The third-order valence-corrected chi connectivity index (χ3v) is 5.11. The Morgan fingerprint density at radius 3 is 2.77 bits per heavy atom. The number of rotatable bonds is 4. The van der Waals surface area contributed by atoms with Crippen molar-refractivity contribution in [1.29, 1.82) is 0 Å². The second-order valence-corrected chi connectivity index (χ2v) is 6.68. The normalized spacial score (nSPS) is 21.0. The average molecular weight is 318 g/mol. The third-order valence-electron chi connectivity index (χ3n) is 4.01. The number of thiophene rings is 1. The van der Waals surface area contributed by atoms with Crippen LogP contribution in [0.5, 0.6) is 0 Å². The lowest BCUT2D eigenvalue weighted by atomic mass is 10.0. The van der Waals surface area contributed by atoms with Crippen molar-refractivity contribution in [2.75, 3.05) is 0 Å². The van der Waals surface area contributed by atoms with E-state index in [9.17, 15) is 9.59 Å². The van der Waals surface area contributed by atoms with Gasteiger partial charge in [0, 0.05) is 6.04 Å². The first kappa shape index (κ1) is 14.8. The van der Waals surface area contributed by atoms with Gasteiger partial charge in [-0.05, 0) is 44.0 Å². The number of hydrogen-bond donors (Lipinski definition) is 2. The number of aryl methyl sites for hydroxylation is 1. The van der Waals surface area contributed by atoms with Crippen LogP contribution >= 0.6 is 11.3 Å². The molecule has 2 heterocycles. The summed E-state index contributed by atoms with van der Waals surface area (Å²) in [5.41, 5.74) is 5.38. The van der Waals surface area contributed by atoms with Gasteiger partial charge < -0.3 is 15.5 Å². The van der Waals surface area contributed by atoms with Gasteiger partial charge >= 0.3 is 0 Å². The van der Waals surface area contributed by atoms with Crippen LogP contribution in [0.1, 0.15) is 34.7 Å². The van der Waals surface area contributed by atoms with Crippen LogP contribution in [-0.2, 0) is 4.79 Å². The van der Waals surface area contributed by atoms with Gasteiger partial charge in [-0.3, -0.25) is 9.59 Å². The summed E-state index contributed by atoms with van der Waals surface area (Å²) in [6, 6.07) is 7.29. The van der Waals surface area contributed by atoms with E-state index in [1.165, 1.54) is 11.3 Å². The van der Waals surface area contributed by atoms with E-state index in [1.807, 2.05) is 25.1 Å². The molecule has 2 atom stereocenters. The molecule has 3 N–H and O–H groups in total. The van der Waals surface area contributed by atoms with Crippen molar-refractivity contribution >= 4 is 23.2 Å². The maximum Gasteiger partial charge on any atom is 0.261 e. The molecule has 0 radical (unpaired) electrons. The summed E-state index contributed by atoms with van der Waals surface area (Å²) in [6.45, 7) is 1.88. The van der Waals surface area contributed by atoms with E-state index in [4.69, 9.17) is 10.2 Å². The number of hydrogen-bond acceptors (Lipinski definition) is 4. The van der Waals surface area contributed by atoms with E-state index in [-0.39, 0.29) is 23.8 Å². The molecule has 5 nitrogen and oxygen atoms in total. The fourth-order valence-electron chi connectivity index (χ4n) is 2.87. The van der Waals surface area contributed by atoms with Crippen LogP contribution in [0.25, 0.3) is 10.6 Å². The molecule has 0 spiro atoms. The third kappa shape index (κ3) is 2.92. The zero-order valence-electron chi connectivity index (χ0n) is 12.3. The minimum Gasteiger partial charge on any atom is -0.461 e. The molecule has 1 aliphatic carbocycles. The van der Waals surface area contributed by atoms with Crippen LogP contribution in [0.15, 0.2) is 28.7 Å². The van der Waals surface area contributed by atoms with Crippen molar-refractivity contribution in [2.24, 2.45) is 11.7 Å². The summed E-state index contributed by atoms with van der Waals surface area (Å²) in [7, 11) is 0. The molecule has 1 fully saturated rings. The second kappa shape index (κ2) is 5.96. The van der Waals surface area contributed by atoms with E-state index in [0.717, 1.165) is 35.7 Å². The summed E-state index contributed by atoms with van der Waals surface area (Å²) in [5, 5.41) is 2.94. The first-order valence-corrected chi connectivity index (χ1v) is 8.13. The van der Waals surface area contributed by atoms with E-state index in [2.05, 4.69) is 5.32 Å². The molecule has 2 aromatic rings. The molecule has 0 unspecified atom stereocenters. The SMILES string of the molecule is Cc1ccc(-c2ccc(C(=O)N[C@H]3CCC[C@@H]3C(N)=O)s2)o1. The molecule has 2 aromatic heterocycles. The van der Waals surface area contributed by atoms with E-state index >= 15 is 0 Å². The number of nitrogens with one attached hydrogen (secondary N) is 1. The van der Waals surface area contributed by atoms with Gasteiger partial charge in [0.05, 0.1) is 15.7 Å². The topological polar surface area (TPSA) is 85.3 Å². The molecule has 1 saturated carbocycles. The highest BCUT2D eigenvalue weighted by Crippen LogP contribution is 2.30. The monoisotopic (exact) mass is 318 g/mol. The zero-order valence-corrected chi connectivity index (χ0v) is 13.1. The van der Waals surface area contributed by atoms with Crippen molar-refractivity contribution in [3.05, 3.63) is 34.9 Å². The first-order valence-electron chi connectivity index (χ1n) is 7.31. The number of furan rings is 1. The molecule has 2 amide bonds. The quantitative estimate of drug-likeness (QED) is 0.909. The van der Waals surface area contributed by atoms with E-state index in [0.29, 0.717) is 4.88 Å². The molecule has 0 saturated heterocycles. The van der Waals surface area contributed by atoms with Crippen molar-refractivity contribution in [3.63, 3.8) is 0 Å². The first-order chi connectivity index (χ1) is 10.5. The molecule has 3 rings (SSSR count). The molecule has 1 aliphatic rings. The summed E-state index contributed by atoms with van der Waals surface area (Å²) in [4.78, 5) is 25.2. The minimum atomic E-state index is -0.333. The van der Waals surface area contributed by atoms with Gasteiger partial charge in [-0.2, -0.15) is 0 Å². The summed E-state index contributed by atoms with van der Waals surface area (Å²) in [5.74, 6) is 0.858. The summed E-state index contributed by atoms with van der Waals surface area (Å²) in [6.07, 6.45) is 2.47. The van der Waals surface area contributed by atoms with Crippen molar-refractivity contribution in [1.82, 2.24) is 5.32 Å². The Morgan fingerprint density at radius 2 is 2.09 bits per heavy atom. The van der Waals surface area contributed by atoms with Gasteiger partial charge in [0.2, 0.25) is 5.91 Å².